The highest BCUT2D eigenvalue weighted by atomic mass is 32.1. The van der Waals surface area contributed by atoms with Gasteiger partial charge in [-0.25, -0.2) is 24.7 Å². The number of carbonyl (C=O) groups excluding carboxylic acids is 1. The number of carbonyl (C=O) groups is 1. The van der Waals surface area contributed by atoms with E-state index in [2.05, 4.69) is 29.7 Å². The van der Waals surface area contributed by atoms with E-state index in [1.54, 1.807) is 22.4 Å². The first-order valence-corrected chi connectivity index (χ1v) is 16.5. The fraction of sp³-hybridized carbons (Fsp3) is 0.394. The molecule has 3 aliphatic heterocycles. The summed E-state index contributed by atoms with van der Waals surface area (Å²) in [5.41, 5.74) is -0.259. The van der Waals surface area contributed by atoms with Crippen molar-refractivity contribution >= 4 is 40.0 Å². The number of anilines is 1. The molecule has 248 valence electrons. The lowest BCUT2D eigenvalue weighted by molar-refractivity contribution is -0.130. The zero-order valence-corrected chi connectivity index (χ0v) is 26.5. The Labute approximate surface area is 278 Å². The van der Waals surface area contributed by atoms with Gasteiger partial charge in [0.2, 0.25) is 6.54 Å². The van der Waals surface area contributed by atoms with Gasteiger partial charge in [-0.3, -0.25) is 14.7 Å². The number of halogens is 3. The second kappa shape index (κ2) is 13.0. The molecule has 6 heterocycles. The number of aromatic hydroxyl groups is 1. The highest BCUT2D eigenvalue weighted by Crippen LogP contribution is 2.41. The van der Waals surface area contributed by atoms with Crippen molar-refractivity contribution in [3.05, 3.63) is 70.1 Å². The lowest BCUT2D eigenvalue weighted by atomic mass is 9.95. The number of aromatic nitrogens is 4. The van der Waals surface area contributed by atoms with Crippen LogP contribution in [-0.4, -0.2) is 104 Å². The van der Waals surface area contributed by atoms with Crippen molar-refractivity contribution in [1.29, 1.82) is 0 Å². The summed E-state index contributed by atoms with van der Waals surface area (Å²) in [6.07, 6.45) is 5.07. The van der Waals surface area contributed by atoms with E-state index < -0.39 is 35.3 Å². The molecular weight excluding hydrogens is 645 g/mol. The van der Waals surface area contributed by atoms with Crippen LogP contribution in [0.1, 0.15) is 24.3 Å². The molecule has 7 rings (SSSR count). The molecule has 3 saturated heterocycles. The molecule has 0 spiro atoms. The molecule has 0 saturated carbocycles. The summed E-state index contributed by atoms with van der Waals surface area (Å²) in [5, 5.41) is 12.3. The topological polar surface area (TPSA) is 112 Å². The fourth-order valence-corrected chi connectivity index (χ4v) is 7.57. The molecule has 3 atom stereocenters. The molecule has 0 radical (unpaired) electrons. The van der Waals surface area contributed by atoms with Gasteiger partial charge < -0.3 is 24.5 Å². The van der Waals surface area contributed by atoms with E-state index in [9.17, 15) is 14.3 Å². The van der Waals surface area contributed by atoms with Crippen LogP contribution in [0.25, 0.3) is 33.1 Å². The summed E-state index contributed by atoms with van der Waals surface area (Å²) >= 11 is 1.19. The maximum atomic E-state index is 16.3. The molecule has 1 aromatic carbocycles. The third kappa shape index (κ3) is 6.01. The van der Waals surface area contributed by atoms with Gasteiger partial charge in [0.15, 0.2) is 11.6 Å². The minimum atomic E-state index is -0.981. The summed E-state index contributed by atoms with van der Waals surface area (Å²) in [6.45, 7) is 9.01. The fourth-order valence-electron chi connectivity index (χ4n) is 7.02. The SMILES string of the molecule is [C-]#[N+]C[C@H]1CN(c2nc(OC[C@@]34CCCN3C[C@H](F)C4)nc3c(F)c(-c4cccc(O)c4)ncc23)CCN1C(=O)/C(F)=C/c1nccs1. The van der Waals surface area contributed by atoms with Gasteiger partial charge in [0.05, 0.1) is 10.9 Å². The third-order valence-corrected chi connectivity index (χ3v) is 9.97. The van der Waals surface area contributed by atoms with Crippen LogP contribution in [0.15, 0.2) is 47.9 Å². The second-order valence-corrected chi connectivity index (χ2v) is 13.2. The van der Waals surface area contributed by atoms with E-state index in [1.807, 2.05) is 0 Å². The highest BCUT2D eigenvalue weighted by Gasteiger charge is 2.49. The van der Waals surface area contributed by atoms with Crippen molar-refractivity contribution in [2.45, 2.75) is 37.0 Å². The minimum absolute atomic E-state index is 0.0329. The third-order valence-electron chi connectivity index (χ3n) is 9.25. The molecule has 11 nitrogen and oxygen atoms in total. The number of pyridine rings is 1. The number of nitrogens with zero attached hydrogens (tertiary/aromatic N) is 8. The van der Waals surface area contributed by atoms with Crippen LogP contribution < -0.4 is 9.64 Å². The Bertz CT molecular complexity index is 1920. The predicted octanol–water partition coefficient (Wildman–Crippen LogP) is 4.90. The van der Waals surface area contributed by atoms with Gasteiger partial charge in [-0.1, -0.05) is 12.1 Å². The Morgan fingerprint density at radius 2 is 2.10 bits per heavy atom. The summed E-state index contributed by atoms with van der Waals surface area (Å²) in [7, 11) is 0. The summed E-state index contributed by atoms with van der Waals surface area (Å²) in [6, 6.07) is 5.25. The van der Waals surface area contributed by atoms with E-state index in [1.165, 1.54) is 40.8 Å². The van der Waals surface area contributed by atoms with E-state index in [0.717, 1.165) is 25.5 Å². The standard InChI is InChI=1S/C33H31F3N8O3S/c1-37-15-22-18-42(9-10-44(22)31(46)25(35)13-26-38-7-11-48-26)30-24-16-39-28(20-4-2-5-23(45)12-20)27(36)29(24)40-32(41-30)47-19-33-6-3-8-43(33)17-21(34)14-33/h2,4-5,7,11-13,16,21-22,45H,3,6,8-10,14-15,17-19H2/b25-13-/t21-,22+,33+/m1/s1. The molecule has 1 N–H and O–H groups in total. The lowest BCUT2D eigenvalue weighted by Crippen LogP contribution is -2.56. The highest BCUT2D eigenvalue weighted by molar-refractivity contribution is 7.10. The minimum Gasteiger partial charge on any atom is -0.508 e. The number of rotatable bonds is 8. The van der Waals surface area contributed by atoms with Gasteiger partial charge >= 0.3 is 6.01 Å². The number of phenolic OH excluding ortho intramolecular Hbond substituents is 1. The smallest absolute Gasteiger partial charge is 0.319 e. The number of ether oxygens (including phenoxy) is 1. The van der Waals surface area contributed by atoms with Crippen LogP contribution in [0.3, 0.4) is 0 Å². The number of phenols is 1. The Hall–Kier alpha value is -4.81. The van der Waals surface area contributed by atoms with Gasteiger partial charge in [-0.05, 0) is 31.5 Å². The number of amides is 1. The molecule has 0 unspecified atom stereocenters. The molecule has 0 aliphatic carbocycles. The average Bonchev–Trinajstić information content (AvgIpc) is 3.80. The summed E-state index contributed by atoms with van der Waals surface area (Å²) in [5.74, 6) is -2.36. The van der Waals surface area contributed by atoms with E-state index in [0.29, 0.717) is 23.5 Å². The molecule has 4 aromatic rings. The number of piperazine rings is 1. The first kappa shape index (κ1) is 31.8. The van der Waals surface area contributed by atoms with Crippen molar-refractivity contribution in [1.82, 2.24) is 29.7 Å². The average molecular weight is 677 g/mol. The van der Waals surface area contributed by atoms with Crippen molar-refractivity contribution in [3.8, 4) is 23.0 Å². The molecule has 3 aliphatic rings. The monoisotopic (exact) mass is 676 g/mol. The maximum absolute atomic E-state index is 16.3. The lowest BCUT2D eigenvalue weighted by Gasteiger charge is -2.39. The van der Waals surface area contributed by atoms with Crippen LogP contribution in [0.5, 0.6) is 11.8 Å². The van der Waals surface area contributed by atoms with Crippen LogP contribution in [0.4, 0.5) is 19.0 Å². The zero-order chi connectivity index (χ0) is 33.4. The van der Waals surface area contributed by atoms with Crippen LogP contribution in [-0.2, 0) is 4.79 Å². The number of thiazole rings is 1. The number of benzene rings is 1. The van der Waals surface area contributed by atoms with Gasteiger partial charge in [-0.2, -0.15) is 9.97 Å². The molecule has 3 aromatic heterocycles. The van der Waals surface area contributed by atoms with E-state index in [-0.39, 0.29) is 67.0 Å². The molecular formula is C33H31F3N8O3S. The van der Waals surface area contributed by atoms with Crippen molar-refractivity contribution in [2.24, 2.45) is 0 Å². The second-order valence-electron chi connectivity index (χ2n) is 12.2. The van der Waals surface area contributed by atoms with Crippen molar-refractivity contribution in [3.63, 3.8) is 0 Å². The Morgan fingerprint density at radius 3 is 2.90 bits per heavy atom. The molecule has 0 bridgehead atoms. The van der Waals surface area contributed by atoms with Crippen molar-refractivity contribution in [2.75, 3.05) is 50.8 Å². The maximum Gasteiger partial charge on any atom is 0.319 e. The number of hydrogen-bond acceptors (Lipinski definition) is 10. The van der Waals surface area contributed by atoms with Crippen molar-refractivity contribution < 1.29 is 27.8 Å². The van der Waals surface area contributed by atoms with Crippen LogP contribution in [0, 0.1) is 12.4 Å². The van der Waals surface area contributed by atoms with Crippen LogP contribution in [0.2, 0.25) is 0 Å². The largest absolute Gasteiger partial charge is 0.508 e. The number of alkyl halides is 1. The van der Waals surface area contributed by atoms with Gasteiger partial charge in [-0.15, -0.1) is 11.3 Å². The Kier molecular flexibility index (Phi) is 8.61. The summed E-state index contributed by atoms with van der Waals surface area (Å²) < 4.78 is 52.0. The quantitative estimate of drug-likeness (QED) is 0.206. The van der Waals surface area contributed by atoms with Gasteiger partial charge in [0.25, 0.3) is 5.91 Å². The first-order chi connectivity index (χ1) is 23.2. The molecule has 15 heteroatoms. The van der Waals surface area contributed by atoms with E-state index >= 15 is 8.78 Å². The molecule has 48 heavy (non-hydrogen) atoms. The summed E-state index contributed by atoms with van der Waals surface area (Å²) in [4.78, 5) is 39.4. The Morgan fingerprint density at radius 1 is 1.23 bits per heavy atom. The predicted molar refractivity (Wildman–Crippen MR) is 173 cm³/mol. The van der Waals surface area contributed by atoms with Crippen LogP contribution >= 0.6 is 11.3 Å². The molecule has 1 amide bonds. The number of hydrogen-bond donors (Lipinski definition) is 1. The Balaban J connectivity index is 1.24. The number of fused-ring (bicyclic) bond motifs is 2. The molecule has 3 fully saturated rings. The van der Waals surface area contributed by atoms with Gasteiger partial charge in [0.1, 0.15) is 46.6 Å². The van der Waals surface area contributed by atoms with Gasteiger partial charge in [0, 0.05) is 62.0 Å². The normalized spacial score (nSPS) is 23.0. The van der Waals surface area contributed by atoms with E-state index in [4.69, 9.17) is 11.3 Å². The zero-order valence-electron chi connectivity index (χ0n) is 25.7. The first-order valence-electron chi connectivity index (χ1n) is 15.6.